The third-order valence-corrected chi connectivity index (χ3v) is 5.21. The third kappa shape index (κ3) is 3.77. The second-order valence-corrected chi connectivity index (χ2v) is 7.64. The number of rotatable bonds is 7. The lowest BCUT2D eigenvalue weighted by Gasteiger charge is -2.19. The predicted molar refractivity (Wildman–Crippen MR) is 113 cm³/mol. The van der Waals surface area contributed by atoms with Crippen molar-refractivity contribution in [3.63, 3.8) is 0 Å². The molecule has 1 heterocycles. The zero-order valence-corrected chi connectivity index (χ0v) is 17.4. The second-order valence-electron chi connectivity index (χ2n) is 7.64. The van der Waals surface area contributed by atoms with Crippen LogP contribution in [0.2, 0.25) is 0 Å². The molecule has 0 spiro atoms. The minimum Gasteiger partial charge on any atom is -0.490 e. The maximum Gasteiger partial charge on any atom is 0.387 e. The standard InChI is InChI=1S/C24H20F3NO4/c1-13(2)31-21-16-5-3-4-6-17(16)22(32-24(26)27)20-18(21)12-28(23(20)30)15-8-7-14(9-10-29)19(25)11-15/h3-8,10-11,13,24H,9,12H2,1-2H3. The van der Waals surface area contributed by atoms with Gasteiger partial charge >= 0.3 is 6.61 Å². The number of carbonyl (C=O) groups excluding carboxylic acids is 2. The molecule has 3 aromatic carbocycles. The Hall–Kier alpha value is -3.55. The largest absolute Gasteiger partial charge is 0.490 e. The minimum atomic E-state index is -3.14. The van der Waals surface area contributed by atoms with E-state index in [0.29, 0.717) is 28.4 Å². The first kappa shape index (κ1) is 21.7. The number of hydrogen-bond acceptors (Lipinski definition) is 4. The van der Waals surface area contributed by atoms with E-state index in [-0.39, 0.29) is 41.6 Å². The molecule has 0 unspecified atom stereocenters. The van der Waals surface area contributed by atoms with Gasteiger partial charge in [0.2, 0.25) is 0 Å². The Morgan fingerprint density at radius 2 is 1.75 bits per heavy atom. The van der Waals surface area contributed by atoms with Crippen LogP contribution >= 0.6 is 0 Å². The number of ether oxygens (including phenoxy) is 2. The molecule has 32 heavy (non-hydrogen) atoms. The van der Waals surface area contributed by atoms with E-state index in [9.17, 15) is 22.8 Å². The van der Waals surface area contributed by atoms with Gasteiger partial charge in [-0.3, -0.25) is 4.79 Å². The minimum absolute atomic E-state index is 0.00683. The van der Waals surface area contributed by atoms with Crippen molar-refractivity contribution in [2.75, 3.05) is 4.90 Å². The molecule has 1 aliphatic rings. The number of hydrogen-bond donors (Lipinski definition) is 0. The van der Waals surface area contributed by atoms with Crippen molar-refractivity contribution >= 4 is 28.7 Å². The third-order valence-electron chi connectivity index (χ3n) is 5.21. The summed E-state index contributed by atoms with van der Waals surface area (Å²) in [4.78, 5) is 25.4. The van der Waals surface area contributed by atoms with Gasteiger partial charge in [-0.25, -0.2) is 4.39 Å². The first-order valence-corrected chi connectivity index (χ1v) is 10.0. The zero-order valence-electron chi connectivity index (χ0n) is 17.4. The van der Waals surface area contributed by atoms with Crippen molar-refractivity contribution in [3.05, 3.63) is 65.0 Å². The maximum absolute atomic E-state index is 14.4. The number of amides is 1. The van der Waals surface area contributed by atoms with Gasteiger partial charge in [0, 0.05) is 28.4 Å². The Morgan fingerprint density at radius 1 is 1.06 bits per heavy atom. The summed E-state index contributed by atoms with van der Waals surface area (Å²) in [6, 6.07) is 10.8. The van der Waals surface area contributed by atoms with E-state index in [1.165, 1.54) is 17.0 Å². The first-order valence-electron chi connectivity index (χ1n) is 10.0. The Bertz CT molecular complexity index is 1210. The molecular formula is C24H20F3NO4. The van der Waals surface area contributed by atoms with Gasteiger partial charge in [-0.1, -0.05) is 30.3 Å². The Morgan fingerprint density at radius 3 is 2.34 bits per heavy atom. The highest BCUT2D eigenvalue weighted by Crippen LogP contribution is 2.46. The van der Waals surface area contributed by atoms with Crippen LogP contribution in [-0.2, 0) is 17.8 Å². The van der Waals surface area contributed by atoms with Crippen molar-refractivity contribution in [1.82, 2.24) is 0 Å². The number of anilines is 1. The summed E-state index contributed by atoms with van der Waals surface area (Å²) in [5.74, 6) is -1.06. The molecular weight excluding hydrogens is 423 g/mol. The van der Waals surface area contributed by atoms with Crippen LogP contribution in [0.4, 0.5) is 18.9 Å². The highest BCUT2D eigenvalue weighted by Gasteiger charge is 2.37. The summed E-state index contributed by atoms with van der Waals surface area (Å²) in [5.41, 5.74) is 0.803. The summed E-state index contributed by atoms with van der Waals surface area (Å²) >= 11 is 0. The second kappa shape index (κ2) is 8.53. The van der Waals surface area contributed by atoms with Crippen LogP contribution in [0.1, 0.15) is 35.3 Å². The van der Waals surface area contributed by atoms with Crippen LogP contribution in [0.3, 0.4) is 0 Å². The van der Waals surface area contributed by atoms with Crippen molar-refractivity contribution in [2.45, 2.75) is 39.5 Å². The number of benzene rings is 3. The summed E-state index contributed by atoms with van der Waals surface area (Å²) in [7, 11) is 0. The van der Waals surface area contributed by atoms with Gasteiger partial charge < -0.3 is 19.2 Å². The van der Waals surface area contributed by atoms with Gasteiger partial charge in [-0.15, -0.1) is 0 Å². The number of nitrogens with zero attached hydrogens (tertiary/aromatic N) is 1. The lowest BCUT2D eigenvalue weighted by molar-refractivity contribution is -0.107. The number of carbonyl (C=O) groups is 2. The summed E-state index contributed by atoms with van der Waals surface area (Å²) in [6.45, 7) is 0.495. The van der Waals surface area contributed by atoms with E-state index >= 15 is 0 Å². The van der Waals surface area contributed by atoms with Gasteiger partial charge in [0.05, 0.1) is 18.2 Å². The number of fused-ring (bicyclic) bond motifs is 2. The number of aldehydes is 1. The van der Waals surface area contributed by atoms with Crippen molar-refractivity contribution < 1.29 is 32.2 Å². The molecule has 0 bridgehead atoms. The SMILES string of the molecule is CC(C)Oc1c2c(c(OC(F)F)c3ccccc13)C(=O)N(c1ccc(CC=O)c(F)c1)C2. The molecule has 1 amide bonds. The van der Waals surface area contributed by atoms with E-state index in [4.69, 9.17) is 9.47 Å². The van der Waals surface area contributed by atoms with Crippen LogP contribution in [0.5, 0.6) is 11.5 Å². The average Bonchev–Trinajstić information content (AvgIpc) is 3.09. The van der Waals surface area contributed by atoms with Gasteiger partial charge in [0.15, 0.2) is 0 Å². The van der Waals surface area contributed by atoms with Gasteiger partial charge in [-0.2, -0.15) is 8.78 Å². The van der Waals surface area contributed by atoms with Gasteiger partial charge in [-0.05, 0) is 31.5 Å². The molecule has 0 aromatic heterocycles. The highest BCUT2D eigenvalue weighted by molar-refractivity contribution is 6.16. The smallest absolute Gasteiger partial charge is 0.387 e. The lowest BCUT2D eigenvalue weighted by atomic mass is 9.99. The molecule has 5 nitrogen and oxygen atoms in total. The van der Waals surface area contributed by atoms with E-state index in [2.05, 4.69) is 0 Å². The van der Waals surface area contributed by atoms with Crippen molar-refractivity contribution in [2.24, 2.45) is 0 Å². The molecule has 4 rings (SSSR count). The molecule has 0 radical (unpaired) electrons. The van der Waals surface area contributed by atoms with Gasteiger partial charge in [0.25, 0.3) is 5.91 Å². The maximum atomic E-state index is 14.4. The predicted octanol–water partition coefficient (Wildman–Crippen LogP) is 5.27. The molecule has 166 valence electrons. The van der Waals surface area contributed by atoms with Crippen LogP contribution < -0.4 is 14.4 Å². The Labute approximate surface area is 182 Å². The molecule has 3 aromatic rings. The number of alkyl halides is 2. The molecule has 8 heteroatoms. The molecule has 0 N–H and O–H groups in total. The Balaban J connectivity index is 1.91. The lowest BCUT2D eigenvalue weighted by Crippen LogP contribution is -2.23. The van der Waals surface area contributed by atoms with E-state index in [0.717, 1.165) is 6.07 Å². The fraction of sp³-hybridized carbons (Fsp3) is 0.250. The molecule has 1 aliphatic heterocycles. The summed E-state index contributed by atoms with van der Waals surface area (Å²) in [5, 5.41) is 0.864. The van der Waals surface area contributed by atoms with E-state index < -0.39 is 18.3 Å². The number of halogens is 3. The molecule has 0 fully saturated rings. The van der Waals surface area contributed by atoms with E-state index in [1.807, 2.05) is 13.8 Å². The van der Waals surface area contributed by atoms with Crippen LogP contribution in [0.25, 0.3) is 10.8 Å². The fourth-order valence-corrected chi connectivity index (χ4v) is 3.92. The van der Waals surface area contributed by atoms with Crippen LogP contribution in [0, 0.1) is 5.82 Å². The molecule has 0 saturated heterocycles. The monoisotopic (exact) mass is 443 g/mol. The summed E-state index contributed by atoms with van der Waals surface area (Å²) in [6.07, 6.45) is 0.252. The first-order chi connectivity index (χ1) is 15.3. The topological polar surface area (TPSA) is 55.8 Å². The van der Waals surface area contributed by atoms with Gasteiger partial charge in [0.1, 0.15) is 23.6 Å². The highest BCUT2D eigenvalue weighted by atomic mass is 19.3. The zero-order chi connectivity index (χ0) is 23.0. The average molecular weight is 443 g/mol. The van der Waals surface area contributed by atoms with Crippen LogP contribution in [0.15, 0.2) is 42.5 Å². The summed E-state index contributed by atoms with van der Waals surface area (Å²) < 4.78 is 51.8. The van der Waals surface area contributed by atoms with E-state index in [1.54, 1.807) is 24.3 Å². The normalized spacial score (nSPS) is 13.2. The fourth-order valence-electron chi connectivity index (χ4n) is 3.92. The Kier molecular flexibility index (Phi) is 5.78. The van der Waals surface area contributed by atoms with Crippen molar-refractivity contribution in [3.8, 4) is 11.5 Å². The molecule has 0 aliphatic carbocycles. The van der Waals surface area contributed by atoms with Crippen LogP contribution in [-0.4, -0.2) is 24.9 Å². The molecule has 0 atom stereocenters. The quantitative estimate of drug-likeness (QED) is 0.467. The van der Waals surface area contributed by atoms with Crippen molar-refractivity contribution in [1.29, 1.82) is 0 Å². The molecule has 0 saturated carbocycles.